The molecule has 1 aliphatic carbocycles. The Labute approximate surface area is 116 Å². The summed E-state index contributed by atoms with van der Waals surface area (Å²) in [6.45, 7) is 8.26. The zero-order valence-electron chi connectivity index (χ0n) is 12.3. The Morgan fingerprint density at radius 3 is 2.21 bits per heavy atom. The second-order valence-corrected chi connectivity index (χ2v) is 6.36. The molecule has 3 N–H and O–H groups in total. The van der Waals surface area contributed by atoms with Crippen molar-refractivity contribution in [2.24, 2.45) is 10.9 Å². The van der Waals surface area contributed by atoms with Crippen LogP contribution in [0, 0.1) is 0 Å². The topological polar surface area (TPSA) is 65.1 Å². The van der Waals surface area contributed by atoms with Crippen LogP contribution in [0.15, 0.2) is 5.16 Å². The van der Waals surface area contributed by atoms with E-state index in [0.29, 0.717) is 5.84 Å². The number of amidine groups is 1. The minimum absolute atomic E-state index is 0.304. The summed E-state index contributed by atoms with van der Waals surface area (Å²) >= 11 is 0. The van der Waals surface area contributed by atoms with Crippen LogP contribution in [-0.4, -0.2) is 58.6 Å². The number of nitrogens with zero attached hydrogens (tertiary/aromatic N) is 3. The van der Waals surface area contributed by atoms with Gasteiger partial charge in [-0.25, -0.2) is 0 Å². The monoisotopic (exact) mass is 268 g/mol. The molecule has 1 aliphatic heterocycles. The molecule has 0 atom stereocenters. The lowest BCUT2D eigenvalue weighted by Gasteiger charge is -2.46. The lowest BCUT2D eigenvalue weighted by molar-refractivity contribution is 0.0480. The van der Waals surface area contributed by atoms with E-state index < -0.39 is 0 Å². The standard InChI is InChI=1S/C14H28N4O/c1-14(2,13(15)16-19)18-10-8-17(9-11-18)12-6-4-3-5-7-12/h12,19H,3-11H2,1-2H3,(H2,15,16). The van der Waals surface area contributed by atoms with Crippen molar-refractivity contribution in [1.29, 1.82) is 0 Å². The third-order valence-corrected chi connectivity index (χ3v) is 4.93. The van der Waals surface area contributed by atoms with Crippen molar-refractivity contribution >= 4 is 5.84 Å². The lowest BCUT2D eigenvalue weighted by atomic mass is 9.93. The Hall–Kier alpha value is -0.810. The van der Waals surface area contributed by atoms with E-state index in [4.69, 9.17) is 10.9 Å². The molecule has 1 saturated carbocycles. The molecule has 5 nitrogen and oxygen atoms in total. The van der Waals surface area contributed by atoms with Crippen LogP contribution in [-0.2, 0) is 0 Å². The molecule has 19 heavy (non-hydrogen) atoms. The molecule has 0 aromatic carbocycles. The Morgan fingerprint density at radius 2 is 1.68 bits per heavy atom. The number of oxime groups is 1. The van der Waals surface area contributed by atoms with Gasteiger partial charge in [0.2, 0.25) is 0 Å². The van der Waals surface area contributed by atoms with Crippen LogP contribution in [0.2, 0.25) is 0 Å². The maximum atomic E-state index is 8.88. The minimum atomic E-state index is -0.354. The van der Waals surface area contributed by atoms with Gasteiger partial charge in [-0.15, -0.1) is 0 Å². The van der Waals surface area contributed by atoms with E-state index in [2.05, 4.69) is 15.0 Å². The summed E-state index contributed by atoms with van der Waals surface area (Å²) in [5, 5.41) is 12.1. The smallest absolute Gasteiger partial charge is 0.159 e. The Kier molecular flexibility index (Phi) is 4.68. The van der Waals surface area contributed by atoms with E-state index in [0.717, 1.165) is 32.2 Å². The van der Waals surface area contributed by atoms with Gasteiger partial charge in [-0.3, -0.25) is 9.80 Å². The first-order chi connectivity index (χ1) is 9.05. The molecule has 5 heteroatoms. The second-order valence-electron chi connectivity index (χ2n) is 6.36. The number of rotatable bonds is 3. The summed E-state index contributed by atoms with van der Waals surface area (Å²) in [6.07, 6.45) is 6.92. The van der Waals surface area contributed by atoms with Crippen molar-refractivity contribution < 1.29 is 5.21 Å². The van der Waals surface area contributed by atoms with Gasteiger partial charge >= 0.3 is 0 Å². The van der Waals surface area contributed by atoms with Gasteiger partial charge in [0.05, 0.1) is 5.54 Å². The fourth-order valence-corrected chi connectivity index (χ4v) is 3.38. The van der Waals surface area contributed by atoms with Crippen molar-refractivity contribution in [3.63, 3.8) is 0 Å². The Morgan fingerprint density at radius 1 is 1.11 bits per heavy atom. The normalized spacial score (nSPS) is 25.7. The fourth-order valence-electron chi connectivity index (χ4n) is 3.38. The Balaban J connectivity index is 1.88. The molecule has 0 radical (unpaired) electrons. The molecule has 2 rings (SSSR count). The van der Waals surface area contributed by atoms with Gasteiger partial charge in [0.15, 0.2) is 5.84 Å². The zero-order chi connectivity index (χ0) is 13.9. The molecule has 2 aliphatic rings. The van der Waals surface area contributed by atoms with Crippen molar-refractivity contribution in [3.8, 4) is 0 Å². The van der Waals surface area contributed by atoms with Gasteiger partial charge in [-0.2, -0.15) is 0 Å². The predicted octanol–water partition coefficient (Wildman–Crippen LogP) is 1.46. The molecule has 2 fully saturated rings. The number of hydrogen-bond acceptors (Lipinski definition) is 4. The number of nitrogens with two attached hydrogens (primary N) is 1. The van der Waals surface area contributed by atoms with Crippen molar-refractivity contribution in [2.45, 2.75) is 57.5 Å². The third-order valence-electron chi connectivity index (χ3n) is 4.93. The van der Waals surface area contributed by atoms with Crippen LogP contribution in [0.5, 0.6) is 0 Å². The van der Waals surface area contributed by atoms with E-state index in [1.807, 2.05) is 13.8 Å². The highest BCUT2D eigenvalue weighted by Crippen LogP contribution is 2.25. The first-order valence-electron chi connectivity index (χ1n) is 7.53. The van der Waals surface area contributed by atoms with E-state index in [1.54, 1.807) is 0 Å². The van der Waals surface area contributed by atoms with Crippen molar-refractivity contribution in [1.82, 2.24) is 9.80 Å². The maximum Gasteiger partial charge on any atom is 0.159 e. The molecule has 0 aromatic heterocycles. The Bertz CT molecular complexity index is 315. The van der Waals surface area contributed by atoms with Gasteiger partial charge in [-0.1, -0.05) is 24.4 Å². The van der Waals surface area contributed by atoms with Crippen LogP contribution in [0.1, 0.15) is 46.0 Å². The highest BCUT2D eigenvalue weighted by atomic mass is 16.4. The maximum absolute atomic E-state index is 8.88. The summed E-state index contributed by atoms with van der Waals surface area (Å²) < 4.78 is 0. The predicted molar refractivity (Wildman–Crippen MR) is 77.5 cm³/mol. The first-order valence-corrected chi connectivity index (χ1v) is 7.53. The highest BCUT2D eigenvalue weighted by Gasteiger charge is 2.35. The van der Waals surface area contributed by atoms with E-state index in [9.17, 15) is 0 Å². The minimum Gasteiger partial charge on any atom is -0.409 e. The van der Waals surface area contributed by atoms with Crippen molar-refractivity contribution in [2.75, 3.05) is 26.2 Å². The zero-order valence-corrected chi connectivity index (χ0v) is 12.3. The van der Waals surface area contributed by atoms with E-state index in [1.165, 1.54) is 32.1 Å². The van der Waals surface area contributed by atoms with Crippen LogP contribution in [0.25, 0.3) is 0 Å². The molecule has 0 amide bonds. The molecule has 0 aromatic rings. The lowest BCUT2D eigenvalue weighted by Crippen LogP contribution is -2.61. The molecule has 1 saturated heterocycles. The molecular weight excluding hydrogens is 240 g/mol. The molecule has 0 bridgehead atoms. The van der Waals surface area contributed by atoms with Gasteiger partial charge in [0.25, 0.3) is 0 Å². The van der Waals surface area contributed by atoms with E-state index in [-0.39, 0.29) is 5.54 Å². The number of hydrogen-bond donors (Lipinski definition) is 2. The molecule has 0 unspecified atom stereocenters. The van der Waals surface area contributed by atoms with Gasteiger partial charge in [0, 0.05) is 32.2 Å². The van der Waals surface area contributed by atoms with Gasteiger partial charge in [-0.05, 0) is 26.7 Å². The highest BCUT2D eigenvalue weighted by molar-refractivity contribution is 5.88. The van der Waals surface area contributed by atoms with E-state index >= 15 is 0 Å². The summed E-state index contributed by atoms with van der Waals surface area (Å²) in [5.41, 5.74) is 5.45. The van der Waals surface area contributed by atoms with Gasteiger partial charge in [0.1, 0.15) is 0 Å². The van der Waals surface area contributed by atoms with Gasteiger partial charge < -0.3 is 10.9 Å². The van der Waals surface area contributed by atoms with Crippen molar-refractivity contribution in [3.05, 3.63) is 0 Å². The average Bonchev–Trinajstić information content (AvgIpc) is 2.47. The largest absolute Gasteiger partial charge is 0.409 e. The molecule has 110 valence electrons. The number of piperazine rings is 1. The second kappa shape index (κ2) is 6.09. The molecule has 1 heterocycles. The van der Waals surface area contributed by atoms with Crippen LogP contribution in [0.3, 0.4) is 0 Å². The molecular formula is C14H28N4O. The summed E-state index contributed by atoms with van der Waals surface area (Å²) in [5.74, 6) is 0.304. The summed E-state index contributed by atoms with van der Waals surface area (Å²) in [6, 6.07) is 0.794. The van der Waals surface area contributed by atoms with Crippen LogP contribution >= 0.6 is 0 Å². The molecule has 0 spiro atoms. The summed E-state index contributed by atoms with van der Waals surface area (Å²) in [4.78, 5) is 4.96. The van der Waals surface area contributed by atoms with Crippen LogP contribution < -0.4 is 5.73 Å². The first kappa shape index (κ1) is 14.6. The third kappa shape index (κ3) is 3.20. The average molecular weight is 268 g/mol. The summed E-state index contributed by atoms with van der Waals surface area (Å²) in [7, 11) is 0. The fraction of sp³-hybridized carbons (Fsp3) is 0.929. The quantitative estimate of drug-likeness (QED) is 0.352. The SMILES string of the molecule is CC(C)(C(N)=NO)N1CCN(C2CCCCC2)CC1. The van der Waals surface area contributed by atoms with Crippen LogP contribution in [0.4, 0.5) is 0 Å².